The third-order valence-corrected chi connectivity index (χ3v) is 8.30. The third-order valence-electron chi connectivity index (χ3n) is 5.15. The van der Waals surface area contributed by atoms with Crippen LogP contribution in [0.25, 0.3) is 0 Å². The van der Waals surface area contributed by atoms with Crippen molar-refractivity contribution in [3.05, 3.63) is 12.1 Å². The summed E-state index contributed by atoms with van der Waals surface area (Å²) < 4.78 is 51.7. The summed E-state index contributed by atoms with van der Waals surface area (Å²) in [5.41, 5.74) is 0.883. The van der Waals surface area contributed by atoms with Crippen LogP contribution >= 0.6 is 0 Å². The Labute approximate surface area is 218 Å². The zero-order valence-electron chi connectivity index (χ0n) is 23.3. The van der Waals surface area contributed by atoms with Crippen LogP contribution < -0.4 is 19.1 Å². The highest BCUT2D eigenvalue weighted by Gasteiger charge is 2.39. The van der Waals surface area contributed by atoms with Crippen LogP contribution in [0, 0.1) is 0 Å². The minimum atomic E-state index is -2.71. The van der Waals surface area contributed by atoms with E-state index in [0.717, 1.165) is 24.7 Å². The first-order chi connectivity index (χ1) is 17.5. The molecule has 0 saturated heterocycles. The summed E-state index contributed by atoms with van der Waals surface area (Å²) in [7, 11) is 4.23. The van der Waals surface area contributed by atoms with Gasteiger partial charge in [0.1, 0.15) is 19.8 Å². The van der Waals surface area contributed by atoms with Crippen molar-refractivity contribution < 1.29 is 41.7 Å². The Kier molecular flexibility index (Phi) is 17.6. The Bertz CT molecular complexity index is 679. The molecular weight excluding hydrogens is 486 g/mol. The number of ether oxygens (including phenoxy) is 6. The van der Waals surface area contributed by atoms with Gasteiger partial charge < -0.3 is 46.6 Å². The molecular formula is C25H47NO9Si. The summed E-state index contributed by atoms with van der Waals surface area (Å²) in [6, 6.07) is 4.60. The zero-order chi connectivity index (χ0) is 26.7. The minimum absolute atomic E-state index is 0.357. The van der Waals surface area contributed by atoms with Crippen LogP contribution in [0.3, 0.4) is 0 Å². The van der Waals surface area contributed by atoms with Gasteiger partial charge in [0.2, 0.25) is 5.75 Å². The van der Waals surface area contributed by atoms with Crippen LogP contribution in [-0.4, -0.2) is 103 Å². The maximum atomic E-state index is 6.16. The molecule has 0 heterocycles. The van der Waals surface area contributed by atoms with Gasteiger partial charge >= 0.3 is 8.80 Å². The van der Waals surface area contributed by atoms with Gasteiger partial charge in [-0.15, -0.1) is 0 Å². The SMILES string of the molecule is CCO[Si](CCCN(C)c1ccc(OCCOC)c(OCCOC)c1OCCOC)(OCC)OCC. The van der Waals surface area contributed by atoms with Crippen LogP contribution in [0.2, 0.25) is 6.04 Å². The minimum Gasteiger partial charge on any atom is -0.487 e. The van der Waals surface area contributed by atoms with Crippen molar-refractivity contribution in [2.24, 2.45) is 0 Å². The highest BCUT2D eigenvalue weighted by atomic mass is 28.4. The van der Waals surface area contributed by atoms with E-state index in [1.54, 1.807) is 21.3 Å². The predicted octanol–water partition coefficient (Wildman–Crippen LogP) is 3.64. The number of nitrogens with zero attached hydrogens (tertiary/aromatic N) is 1. The van der Waals surface area contributed by atoms with E-state index >= 15 is 0 Å². The Morgan fingerprint density at radius 2 is 1.17 bits per heavy atom. The Morgan fingerprint density at radius 1 is 0.667 bits per heavy atom. The normalized spacial score (nSPS) is 11.5. The molecule has 36 heavy (non-hydrogen) atoms. The second-order valence-electron chi connectivity index (χ2n) is 7.77. The molecule has 0 amide bonds. The first-order valence-corrected chi connectivity index (χ1v) is 14.6. The van der Waals surface area contributed by atoms with Crippen molar-refractivity contribution in [3.63, 3.8) is 0 Å². The first-order valence-electron chi connectivity index (χ1n) is 12.7. The molecule has 1 aromatic carbocycles. The van der Waals surface area contributed by atoms with Gasteiger partial charge in [-0.1, -0.05) is 0 Å². The fourth-order valence-corrected chi connectivity index (χ4v) is 6.16. The monoisotopic (exact) mass is 533 g/mol. The second kappa shape index (κ2) is 19.5. The molecule has 0 N–H and O–H groups in total. The van der Waals surface area contributed by atoms with Crippen molar-refractivity contribution in [3.8, 4) is 17.2 Å². The molecule has 11 heteroatoms. The third kappa shape index (κ3) is 11.2. The van der Waals surface area contributed by atoms with Gasteiger partial charge in [0, 0.05) is 60.8 Å². The van der Waals surface area contributed by atoms with E-state index in [0.29, 0.717) is 76.7 Å². The number of benzene rings is 1. The van der Waals surface area contributed by atoms with Crippen molar-refractivity contribution in [1.29, 1.82) is 0 Å². The van der Waals surface area contributed by atoms with Crippen LogP contribution in [0.5, 0.6) is 17.2 Å². The standard InChI is InChI=1S/C25H47NO9Si/c1-8-33-36(34-9-2,35-10-3)21-11-14-26(4)22-12-13-23(30-18-15-27-5)25(32-20-17-29-7)24(22)31-19-16-28-6/h12-13H,8-11,14-21H2,1-7H3. The number of methoxy groups -OCH3 is 3. The van der Waals surface area contributed by atoms with Crippen molar-refractivity contribution >= 4 is 14.5 Å². The Hall–Kier alpha value is -1.60. The lowest BCUT2D eigenvalue weighted by Gasteiger charge is -2.30. The topological polar surface area (TPSA) is 86.3 Å². The quantitative estimate of drug-likeness (QED) is 0.153. The van der Waals surface area contributed by atoms with Crippen LogP contribution in [0.1, 0.15) is 27.2 Å². The maximum Gasteiger partial charge on any atom is 0.500 e. The van der Waals surface area contributed by atoms with E-state index in [4.69, 9.17) is 41.7 Å². The van der Waals surface area contributed by atoms with E-state index in [-0.39, 0.29) is 0 Å². The largest absolute Gasteiger partial charge is 0.500 e. The van der Waals surface area contributed by atoms with Gasteiger partial charge in [-0.25, -0.2) is 0 Å². The lowest BCUT2D eigenvalue weighted by Crippen LogP contribution is -2.46. The molecule has 210 valence electrons. The van der Waals surface area contributed by atoms with E-state index in [9.17, 15) is 0 Å². The molecule has 0 aliphatic heterocycles. The highest BCUT2D eigenvalue weighted by molar-refractivity contribution is 6.60. The Balaban J connectivity index is 3.15. The molecule has 0 spiro atoms. The van der Waals surface area contributed by atoms with Gasteiger partial charge in [0.05, 0.1) is 25.5 Å². The smallest absolute Gasteiger partial charge is 0.487 e. The average Bonchev–Trinajstić information content (AvgIpc) is 2.86. The lowest BCUT2D eigenvalue weighted by atomic mass is 10.2. The zero-order valence-corrected chi connectivity index (χ0v) is 24.3. The molecule has 1 aromatic rings. The van der Waals surface area contributed by atoms with E-state index < -0.39 is 8.80 Å². The van der Waals surface area contributed by atoms with Gasteiger partial charge in [0.25, 0.3) is 0 Å². The predicted molar refractivity (Wildman–Crippen MR) is 142 cm³/mol. The van der Waals surface area contributed by atoms with E-state index in [1.165, 1.54) is 0 Å². The Morgan fingerprint density at radius 3 is 1.67 bits per heavy atom. The van der Waals surface area contributed by atoms with E-state index in [2.05, 4.69) is 4.90 Å². The summed E-state index contributed by atoms with van der Waals surface area (Å²) in [4.78, 5) is 2.13. The average molecular weight is 534 g/mol. The number of hydrogen-bond acceptors (Lipinski definition) is 10. The van der Waals surface area contributed by atoms with Crippen LogP contribution in [0.4, 0.5) is 5.69 Å². The fraction of sp³-hybridized carbons (Fsp3) is 0.760. The molecule has 0 saturated carbocycles. The number of hydrogen-bond donors (Lipinski definition) is 0. The molecule has 0 fully saturated rings. The molecule has 10 nitrogen and oxygen atoms in total. The summed E-state index contributed by atoms with van der Waals surface area (Å²) in [5.74, 6) is 1.72. The first kappa shape index (κ1) is 32.4. The highest BCUT2D eigenvalue weighted by Crippen LogP contribution is 2.44. The molecule has 0 unspecified atom stereocenters. The van der Waals surface area contributed by atoms with Gasteiger partial charge in [-0.05, 0) is 39.3 Å². The molecule has 0 bridgehead atoms. The summed E-state index contributed by atoms with van der Waals surface area (Å²) >= 11 is 0. The van der Waals surface area contributed by atoms with E-state index in [1.807, 2.05) is 40.0 Å². The summed E-state index contributed by atoms with van der Waals surface area (Å²) in [6.45, 7) is 10.8. The fourth-order valence-electron chi connectivity index (χ4n) is 3.57. The van der Waals surface area contributed by atoms with Gasteiger partial charge in [-0.2, -0.15) is 0 Å². The van der Waals surface area contributed by atoms with Crippen molar-refractivity contribution in [1.82, 2.24) is 0 Å². The van der Waals surface area contributed by atoms with Crippen LogP contribution in [0.15, 0.2) is 12.1 Å². The van der Waals surface area contributed by atoms with Crippen molar-refractivity contribution in [2.75, 3.05) is 99.3 Å². The molecule has 0 aliphatic rings. The maximum absolute atomic E-state index is 6.16. The molecule has 0 aromatic heterocycles. The lowest BCUT2D eigenvalue weighted by molar-refractivity contribution is 0.0710. The second-order valence-corrected chi connectivity index (χ2v) is 10.5. The molecule has 0 radical (unpaired) electrons. The molecule has 1 rings (SSSR count). The number of rotatable bonds is 23. The van der Waals surface area contributed by atoms with Gasteiger partial charge in [-0.3, -0.25) is 0 Å². The summed E-state index contributed by atoms with van der Waals surface area (Å²) in [5, 5.41) is 0. The molecule has 0 aliphatic carbocycles. The number of anilines is 1. The summed E-state index contributed by atoms with van der Waals surface area (Å²) in [6.07, 6.45) is 0.826. The van der Waals surface area contributed by atoms with Gasteiger partial charge in [0.15, 0.2) is 11.5 Å². The molecule has 0 atom stereocenters. The van der Waals surface area contributed by atoms with Crippen LogP contribution in [-0.2, 0) is 27.5 Å². The van der Waals surface area contributed by atoms with Crippen molar-refractivity contribution in [2.45, 2.75) is 33.2 Å².